The Kier molecular flexibility index (Phi) is 17.3. The van der Waals surface area contributed by atoms with Crippen LogP contribution in [0.5, 0.6) is 17.2 Å². The number of ether oxygens (including phenoxy) is 3. The Morgan fingerprint density at radius 2 is 1.43 bits per heavy atom. The van der Waals surface area contributed by atoms with E-state index in [-0.39, 0.29) is 59.5 Å². The summed E-state index contributed by atoms with van der Waals surface area (Å²) in [5.74, 6) is 2.98. The fourth-order valence-electron chi connectivity index (χ4n) is 11.0. The number of carbonyl (C=O) groups is 4. The Hall–Kier alpha value is -6.25. The van der Waals surface area contributed by atoms with Gasteiger partial charge in [-0.15, -0.1) is 0 Å². The molecule has 4 heterocycles. The lowest BCUT2D eigenvalue weighted by atomic mass is 9.91. The summed E-state index contributed by atoms with van der Waals surface area (Å²) in [5.41, 5.74) is 10.8. The SMILES string of the molecule is C/C=N\OCCCCC(=O)CCCSSC(C)(C)CCC(=O)Nc1cc(COc2cc3c(cc2C)C(=O)N2c4ccccc4C[C@H]2CC3)cc(COc2cc3c(cc2OC)C(=O)N2c4ccccc4C[C@H]2C(C)C3)c1. The molecule has 0 saturated carbocycles. The molecule has 0 radical (unpaired) electrons. The lowest BCUT2D eigenvalue weighted by Crippen LogP contribution is -2.40. The number of hydrogen-bond acceptors (Lipinski definition) is 11. The number of anilines is 3. The summed E-state index contributed by atoms with van der Waals surface area (Å²) in [4.78, 5) is 63.6. The summed E-state index contributed by atoms with van der Waals surface area (Å²) in [6, 6.07) is 30.3. The summed E-state index contributed by atoms with van der Waals surface area (Å²) in [6.45, 7) is 11.2. The van der Waals surface area contributed by atoms with Crippen LogP contribution in [0.3, 0.4) is 0 Å². The minimum absolute atomic E-state index is 0.0265. The lowest BCUT2D eigenvalue weighted by Gasteiger charge is -2.27. The van der Waals surface area contributed by atoms with Crippen LogP contribution in [0.4, 0.5) is 17.1 Å². The van der Waals surface area contributed by atoms with Gasteiger partial charge in [0.15, 0.2) is 11.5 Å². The van der Waals surface area contributed by atoms with Crippen LogP contribution in [-0.2, 0) is 53.3 Å². The fraction of sp³-hybridized carbons (Fsp3) is 0.426. The Bertz CT molecular complexity index is 2960. The predicted molar refractivity (Wildman–Crippen MR) is 302 cm³/mol. The van der Waals surface area contributed by atoms with Crippen LogP contribution < -0.4 is 29.3 Å². The van der Waals surface area contributed by atoms with Crippen molar-refractivity contribution >= 4 is 68.4 Å². The average molecular weight is 1050 g/mol. The van der Waals surface area contributed by atoms with E-state index in [4.69, 9.17) is 19.0 Å². The van der Waals surface area contributed by atoms with Crippen LogP contribution in [0.25, 0.3) is 0 Å². The van der Waals surface area contributed by atoms with Gasteiger partial charge in [-0.3, -0.25) is 19.2 Å². The number of amides is 3. The molecule has 9 rings (SSSR count). The van der Waals surface area contributed by atoms with Gasteiger partial charge in [0.25, 0.3) is 11.8 Å². The van der Waals surface area contributed by atoms with Crippen molar-refractivity contribution in [3.63, 3.8) is 0 Å². The van der Waals surface area contributed by atoms with E-state index >= 15 is 0 Å². The first-order valence-electron chi connectivity index (χ1n) is 26.6. The first-order chi connectivity index (χ1) is 36.3. The molecule has 3 amide bonds. The van der Waals surface area contributed by atoms with Gasteiger partial charge in [-0.25, -0.2) is 0 Å². The first-order valence-corrected chi connectivity index (χ1v) is 28.9. The maximum absolute atomic E-state index is 14.3. The average Bonchev–Trinajstić information content (AvgIpc) is 3.93. The fourth-order valence-corrected chi connectivity index (χ4v) is 13.6. The van der Waals surface area contributed by atoms with Crippen LogP contribution in [0, 0.1) is 12.8 Å². The molecule has 0 spiro atoms. The van der Waals surface area contributed by atoms with Gasteiger partial charge >= 0.3 is 0 Å². The molecule has 3 atom stereocenters. The standard InChI is InChI=1S/C61H70N4O8S2/c1-7-62-73-25-13-12-17-49(66)18-14-26-74-75-61(4,5)24-23-58(67)63-47-30-41(37-71-55-34-43-21-22-48-32-44-15-8-10-19-52(44)64(48)59(68)50(43)28-40(55)3)29-42(31-47)38-72-57-35-46-27-39(2)54-33-45-16-9-11-20-53(45)65(54)60(69)51(46)36-56(57)70-6/h7-11,15-16,19-20,28-31,34-36,39,48,54H,12-14,17-18,21-27,32-33,37-38H2,1-6H3,(H,63,67)/b62-7-/t39?,48-,54+/m1/s1. The summed E-state index contributed by atoms with van der Waals surface area (Å²) < 4.78 is 18.9. The zero-order chi connectivity index (χ0) is 52.6. The minimum atomic E-state index is -0.172. The van der Waals surface area contributed by atoms with Gasteiger partial charge in [-0.2, -0.15) is 0 Å². The number of nitrogens with zero attached hydrogens (tertiary/aromatic N) is 3. The predicted octanol–water partition coefficient (Wildman–Crippen LogP) is 12.9. The van der Waals surface area contributed by atoms with Crippen molar-refractivity contribution in [3.05, 3.63) is 141 Å². The van der Waals surface area contributed by atoms with Crippen molar-refractivity contribution in [3.8, 4) is 17.2 Å². The van der Waals surface area contributed by atoms with Crippen molar-refractivity contribution in [2.24, 2.45) is 11.1 Å². The number of ketones is 1. The molecule has 0 bridgehead atoms. The van der Waals surface area contributed by atoms with E-state index < -0.39 is 0 Å². The van der Waals surface area contributed by atoms with Crippen molar-refractivity contribution in [2.75, 3.05) is 34.6 Å². The van der Waals surface area contributed by atoms with Gasteiger partial charge in [0.05, 0.1) is 7.11 Å². The molecule has 394 valence electrons. The molecule has 75 heavy (non-hydrogen) atoms. The summed E-state index contributed by atoms with van der Waals surface area (Å²) in [5, 5.41) is 6.93. The normalized spacial score (nSPS) is 17.5. The number of methoxy groups -OCH3 is 1. The highest BCUT2D eigenvalue weighted by Gasteiger charge is 2.41. The number of rotatable bonds is 23. The summed E-state index contributed by atoms with van der Waals surface area (Å²) in [7, 11) is 5.10. The van der Waals surface area contributed by atoms with Crippen LogP contribution >= 0.6 is 21.6 Å². The van der Waals surface area contributed by atoms with Crippen LogP contribution in [0.2, 0.25) is 0 Å². The van der Waals surface area contributed by atoms with Gasteiger partial charge in [0.2, 0.25) is 5.91 Å². The van der Waals surface area contributed by atoms with E-state index in [1.807, 2.05) is 95.6 Å². The highest BCUT2D eigenvalue weighted by atomic mass is 33.1. The molecule has 4 aliphatic heterocycles. The first kappa shape index (κ1) is 53.6. The van der Waals surface area contributed by atoms with Crippen molar-refractivity contribution in [2.45, 2.75) is 142 Å². The quantitative estimate of drug-likeness (QED) is 0.0291. The topological polar surface area (TPSA) is 136 Å². The number of unbranched alkanes of at least 4 members (excludes halogenated alkanes) is 1. The maximum atomic E-state index is 14.3. The van der Waals surface area contributed by atoms with E-state index in [0.29, 0.717) is 67.2 Å². The largest absolute Gasteiger partial charge is 0.493 e. The Balaban J connectivity index is 0.877. The third-order valence-electron chi connectivity index (χ3n) is 14.9. The van der Waals surface area contributed by atoms with Crippen LogP contribution in [0.15, 0.2) is 96.2 Å². The smallest absolute Gasteiger partial charge is 0.258 e. The Morgan fingerprint density at radius 3 is 2.17 bits per heavy atom. The van der Waals surface area contributed by atoms with Crippen LogP contribution in [0.1, 0.15) is 139 Å². The van der Waals surface area contributed by atoms with Crippen molar-refractivity contribution < 1.29 is 38.2 Å². The zero-order valence-corrected chi connectivity index (χ0v) is 45.8. The number of para-hydroxylation sites is 2. The highest BCUT2D eigenvalue weighted by molar-refractivity contribution is 8.77. The molecule has 5 aromatic rings. The molecule has 0 aliphatic carbocycles. The van der Waals surface area contributed by atoms with Gasteiger partial charge in [-0.05, 0) is 185 Å². The Morgan fingerprint density at radius 1 is 0.760 bits per heavy atom. The van der Waals surface area contributed by atoms with E-state index in [9.17, 15) is 19.2 Å². The second kappa shape index (κ2) is 24.2. The number of Topliss-reactive ketones (excluding diaryl/α,β-unsaturated/α-hetero) is 1. The molecule has 12 nitrogen and oxygen atoms in total. The molecule has 0 aromatic heterocycles. The Labute approximate surface area is 450 Å². The van der Waals surface area contributed by atoms with Gasteiger partial charge < -0.3 is 34.2 Å². The molecule has 14 heteroatoms. The van der Waals surface area contributed by atoms with Gasteiger partial charge in [0.1, 0.15) is 31.4 Å². The second-order valence-electron chi connectivity index (χ2n) is 21.0. The highest BCUT2D eigenvalue weighted by Crippen LogP contribution is 2.44. The molecule has 1 unspecified atom stereocenters. The molecular formula is C61H70N4O8S2. The van der Waals surface area contributed by atoms with Crippen molar-refractivity contribution in [1.29, 1.82) is 0 Å². The summed E-state index contributed by atoms with van der Waals surface area (Å²) in [6.07, 6.45) is 10.2. The van der Waals surface area contributed by atoms with E-state index in [0.717, 1.165) is 95.5 Å². The number of aryl methyl sites for hydroxylation is 2. The molecule has 5 aromatic carbocycles. The van der Waals surface area contributed by atoms with E-state index in [1.54, 1.807) is 41.8 Å². The third kappa shape index (κ3) is 12.7. The number of hydrogen-bond donors (Lipinski definition) is 1. The number of fused-ring (bicyclic) bond motifs is 8. The van der Waals surface area contributed by atoms with Crippen LogP contribution in [-0.4, -0.2) is 66.0 Å². The number of nitrogens with one attached hydrogen (secondary N) is 1. The molecule has 4 aliphatic rings. The van der Waals surface area contributed by atoms with Crippen molar-refractivity contribution in [1.82, 2.24) is 0 Å². The molecule has 0 fully saturated rings. The molecule has 0 saturated heterocycles. The summed E-state index contributed by atoms with van der Waals surface area (Å²) >= 11 is 0. The third-order valence-corrected chi connectivity index (χ3v) is 18.3. The lowest BCUT2D eigenvalue weighted by molar-refractivity contribution is -0.119. The second-order valence-corrected chi connectivity index (χ2v) is 24.1. The van der Waals surface area contributed by atoms with E-state index in [1.165, 1.54) is 11.1 Å². The number of carbonyl (C=O) groups excluding carboxylic acids is 4. The molecular weight excluding hydrogens is 981 g/mol. The van der Waals surface area contributed by atoms with Gasteiger partial charge in [-0.1, -0.05) is 70.1 Å². The van der Waals surface area contributed by atoms with Gasteiger partial charge in [0, 0.05) is 76.2 Å². The monoisotopic (exact) mass is 1050 g/mol. The maximum Gasteiger partial charge on any atom is 0.258 e. The minimum Gasteiger partial charge on any atom is -0.493 e. The number of oxime groups is 1. The molecule has 1 N–H and O–H groups in total. The zero-order valence-electron chi connectivity index (χ0n) is 44.2. The number of benzene rings is 5. The van der Waals surface area contributed by atoms with E-state index in [2.05, 4.69) is 43.4 Å².